The molecule has 0 saturated heterocycles. The van der Waals surface area contributed by atoms with E-state index in [2.05, 4.69) is 0 Å². The smallest absolute Gasteiger partial charge is 0.341 e. The monoisotopic (exact) mass is 192 g/mol. The van der Waals surface area contributed by atoms with E-state index in [1.54, 1.807) is 0 Å². The highest BCUT2D eigenvalue weighted by Gasteiger charge is 2.60. The van der Waals surface area contributed by atoms with Crippen LogP contribution in [0, 0.1) is 0 Å². The van der Waals surface area contributed by atoms with Crippen molar-refractivity contribution in [2.45, 2.75) is 36.8 Å². The summed E-state index contributed by atoms with van der Waals surface area (Å²) < 4.78 is 0. The lowest BCUT2D eigenvalue weighted by molar-refractivity contribution is -0.323. The second-order valence-electron chi connectivity index (χ2n) is 3.30. The molecule has 5 N–H and O–H groups in total. The summed E-state index contributed by atoms with van der Waals surface area (Å²) in [5, 5.41) is 45.5. The van der Waals surface area contributed by atoms with Crippen LogP contribution in [0.4, 0.5) is 0 Å². The van der Waals surface area contributed by atoms with Crippen LogP contribution < -0.4 is 0 Å². The molecule has 13 heavy (non-hydrogen) atoms. The molecule has 0 aromatic heterocycles. The standard InChI is InChI=1S/C7H12O6/c8-4-2-1-3-6(11,5(9)10)7(4,12)13/h4,8,11-13H,1-3H2,(H,9,10). The number of aliphatic carboxylic acids is 1. The van der Waals surface area contributed by atoms with Crippen molar-refractivity contribution in [2.24, 2.45) is 0 Å². The topological polar surface area (TPSA) is 118 Å². The molecule has 2 atom stereocenters. The van der Waals surface area contributed by atoms with Crippen LogP contribution in [0.3, 0.4) is 0 Å². The highest BCUT2D eigenvalue weighted by Crippen LogP contribution is 2.35. The van der Waals surface area contributed by atoms with Gasteiger partial charge in [0.2, 0.25) is 11.4 Å². The fourth-order valence-electron chi connectivity index (χ4n) is 1.48. The normalized spacial score (nSPS) is 38.6. The van der Waals surface area contributed by atoms with Crippen LogP contribution >= 0.6 is 0 Å². The maximum atomic E-state index is 10.6. The minimum atomic E-state index is -2.98. The number of hydrogen-bond donors (Lipinski definition) is 5. The van der Waals surface area contributed by atoms with Crippen molar-refractivity contribution in [2.75, 3.05) is 0 Å². The van der Waals surface area contributed by atoms with Gasteiger partial charge in [0.25, 0.3) is 0 Å². The molecule has 2 unspecified atom stereocenters. The lowest BCUT2D eigenvalue weighted by Crippen LogP contribution is -2.67. The Morgan fingerprint density at radius 1 is 1.31 bits per heavy atom. The van der Waals surface area contributed by atoms with Crippen molar-refractivity contribution in [1.29, 1.82) is 0 Å². The molecular formula is C7H12O6. The fourth-order valence-corrected chi connectivity index (χ4v) is 1.48. The van der Waals surface area contributed by atoms with E-state index in [9.17, 15) is 20.1 Å². The van der Waals surface area contributed by atoms with E-state index < -0.39 is 23.5 Å². The summed E-state index contributed by atoms with van der Waals surface area (Å²) in [5.74, 6) is -4.71. The molecule has 0 aromatic rings. The van der Waals surface area contributed by atoms with E-state index >= 15 is 0 Å². The van der Waals surface area contributed by atoms with Gasteiger partial charge in [-0.15, -0.1) is 0 Å². The summed E-state index contributed by atoms with van der Waals surface area (Å²) in [6, 6.07) is 0. The van der Waals surface area contributed by atoms with Crippen molar-refractivity contribution in [3.63, 3.8) is 0 Å². The Morgan fingerprint density at radius 2 is 1.85 bits per heavy atom. The van der Waals surface area contributed by atoms with Crippen LogP contribution in [0.25, 0.3) is 0 Å². The zero-order valence-corrected chi connectivity index (χ0v) is 6.84. The van der Waals surface area contributed by atoms with Gasteiger partial charge in [0, 0.05) is 0 Å². The highest BCUT2D eigenvalue weighted by atomic mass is 16.6. The van der Waals surface area contributed by atoms with E-state index in [-0.39, 0.29) is 19.3 Å². The van der Waals surface area contributed by atoms with Crippen LogP contribution in [0.5, 0.6) is 0 Å². The predicted molar refractivity (Wildman–Crippen MR) is 39.6 cm³/mol. The number of rotatable bonds is 1. The average Bonchev–Trinajstić information content (AvgIpc) is 2.00. The first-order chi connectivity index (χ1) is 5.82. The highest BCUT2D eigenvalue weighted by molar-refractivity contribution is 5.78. The van der Waals surface area contributed by atoms with Crippen LogP contribution in [0.1, 0.15) is 19.3 Å². The molecule has 0 bridgehead atoms. The Balaban J connectivity index is 3.02. The quantitative estimate of drug-likeness (QED) is 0.307. The third-order valence-electron chi connectivity index (χ3n) is 2.44. The van der Waals surface area contributed by atoms with Gasteiger partial charge in [-0.2, -0.15) is 0 Å². The third-order valence-corrected chi connectivity index (χ3v) is 2.44. The molecular weight excluding hydrogens is 180 g/mol. The number of carbonyl (C=O) groups is 1. The first kappa shape index (κ1) is 10.4. The van der Waals surface area contributed by atoms with Crippen molar-refractivity contribution >= 4 is 5.97 Å². The third kappa shape index (κ3) is 1.31. The molecule has 0 amide bonds. The van der Waals surface area contributed by atoms with Crippen molar-refractivity contribution in [1.82, 2.24) is 0 Å². The van der Waals surface area contributed by atoms with Gasteiger partial charge in [-0.25, -0.2) is 4.79 Å². The zero-order valence-electron chi connectivity index (χ0n) is 6.84. The Morgan fingerprint density at radius 3 is 2.23 bits per heavy atom. The number of aliphatic hydroxyl groups excluding tert-OH is 1. The number of carboxylic acids is 1. The minimum absolute atomic E-state index is 0.0581. The minimum Gasteiger partial charge on any atom is -0.479 e. The molecule has 1 saturated carbocycles. The molecule has 0 spiro atoms. The molecule has 76 valence electrons. The summed E-state index contributed by atoms with van der Waals surface area (Å²) in [6.45, 7) is 0. The second-order valence-corrected chi connectivity index (χ2v) is 3.30. The maximum absolute atomic E-state index is 10.6. The van der Waals surface area contributed by atoms with Crippen LogP contribution in [0.2, 0.25) is 0 Å². The summed E-state index contributed by atoms with van der Waals surface area (Å²) in [6.07, 6.45) is -1.63. The Hall–Kier alpha value is -0.690. The maximum Gasteiger partial charge on any atom is 0.341 e. The molecule has 1 rings (SSSR count). The van der Waals surface area contributed by atoms with E-state index in [1.165, 1.54) is 0 Å². The predicted octanol–water partition coefficient (Wildman–Crippen LogP) is -1.97. The van der Waals surface area contributed by atoms with Crippen molar-refractivity contribution in [3.8, 4) is 0 Å². The molecule has 1 aliphatic rings. The summed E-state index contributed by atoms with van der Waals surface area (Å²) in [4.78, 5) is 10.6. The molecule has 0 aliphatic heterocycles. The number of hydrogen-bond acceptors (Lipinski definition) is 5. The molecule has 6 heteroatoms. The van der Waals surface area contributed by atoms with Crippen LogP contribution in [-0.2, 0) is 4.79 Å². The molecule has 6 nitrogen and oxygen atoms in total. The summed E-state index contributed by atoms with van der Waals surface area (Å²) in [5.41, 5.74) is -2.68. The van der Waals surface area contributed by atoms with Gasteiger partial charge in [0.15, 0.2) is 0 Å². The second kappa shape index (κ2) is 2.91. The van der Waals surface area contributed by atoms with E-state index in [0.29, 0.717) is 0 Å². The van der Waals surface area contributed by atoms with Gasteiger partial charge in [-0.05, 0) is 19.3 Å². The lowest BCUT2D eigenvalue weighted by atomic mass is 9.77. The van der Waals surface area contributed by atoms with E-state index in [1.807, 2.05) is 0 Å². The number of aliphatic hydroxyl groups is 4. The van der Waals surface area contributed by atoms with Gasteiger partial charge in [0.1, 0.15) is 6.10 Å². The lowest BCUT2D eigenvalue weighted by Gasteiger charge is -2.42. The molecule has 0 heterocycles. The first-order valence-corrected chi connectivity index (χ1v) is 3.91. The van der Waals surface area contributed by atoms with E-state index in [0.717, 1.165) is 0 Å². The average molecular weight is 192 g/mol. The summed E-state index contributed by atoms with van der Waals surface area (Å²) in [7, 11) is 0. The number of carboxylic acid groups (broad SMARTS) is 1. The van der Waals surface area contributed by atoms with Crippen molar-refractivity contribution < 1.29 is 30.3 Å². The van der Waals surface area contributed by atoms with E-state index in [4.69, 9.17) is 10.2 Å². The molecule has 1 aliphatic carbocycles. The van der Waals surface area contributed by atoms with Gasteiger partial charge < -0.3 is 25.5 Å². The zero-order chi connectivity index (χ0) is 10.3. The molecule has 1 fully saturated rings. The SMILES string of the molecule is O=C(O)C1(O)CCCC(O)C1(O)O. The Kier molecular flexibility index (Phi) is 2.33. The summed E-state index contributed by atoms with van der Waals surface area (Å²) >= 11 is 0. The largest absolute Gasteiger partial charge is 0.479 e. The fraction of sp³-hybridized carbons (Fsp3) is 0.857. The van der Waals surface area contributed by atoms with Gasteiger partial charge in [-0.3, -0.25) is 0 Å². The van der Waals surface area contributed by atoms with Crippen LogP contribution in [-0.4, -0.2) is 49.0 Å². The van der Waals surface area contributed by atoms with Crippen molar-refractivity contribution in [3.05, 3.63) is 0 Å². The van der Waals surface area contributed by atoms with Crippen LogP contribution in [0.15, 0.2) is 0 Å². The van der Waals surface area contributed by atoms with Gasteiger partial charge >= 0.3 is 5.97 Å². The first-order valence-electron chi connectivity index (χ1n) is 3.91. The van der Waals surface area contributed by atoms with Gasteiger partial charge in [0.05, 0.1) is 0 Å². The molecule has 0 aromatic carbocycles. The van der Waals surface area contributed by atoms with Gasteiger partial charge in [-0.1, -0.05) is 0 Å². The molecule has 0 radical (unpaired) electrons. The Labute approximate surface area is 74.1 Å². The Bertz CT molecular complexity index is 225.